The fraction of sp³-hybridized carbons (Fsp3) is 0.471. The minimum atomic E-state index is -0.997. The van der Waals surface area contributed by atoms with Gasteiger partial charge in [-0.05, 0) is 43.9 Å². The first-order chi connectivity index (χ1) is 10.9. The molecular formula is C17H22N2O4. The Morgan fingerprint density at radius 1 is 1.35 bits per heavy atom. The van der Waals surface area contributed by atoms with E-state index in [9.17, 15) is 14.4 Å². The number of hydrogen-bond donors (Lipinski definition) is 2. The zero-order chi connectivity index (χ0) is 17.0. The lowest BCUT2D eigenvalue weighted by atomic mass is 10.0. The Hall–Kier alpha value is -2.37. The molecule has 0 saturated carbocycles. The van der Waals surface area contributed by atoms with Crippen molar-refractivity contribution < 1.29 is 19.5 Å². The summed E-state index contributed by atoms with van der Waals surface area (Å²) in [6.45, 7) is 3.36. The van der Waals surface area contributed by atoms with Crippen LogP contribution in [0.25, 0.3) is 0 Å². The Bertz CT molecular complexity index is 625. The number of nitrogens with one attached hydrogen (secondary N) is 1. The third-order valence-electron chi connectivity index (χ3n) is 3.90. The molecule has 0 unspecified atom stereocenters. The van der Waals surface area contributed by atoms with E-state index in [1.54, 1.807) is 0 Å². The second-order valence-electron chi connectivity index (χ2n) is 6.08. The molecule has 0 saturated heterocycles. The van der Waals surface area contributed by atoms with Gasteiger partial charge in [-0.15, -0.1) is 0 Å². The van der Waals surface area contributed by atoms with Crippen molar-refractivity contribution >= 4 is 23.5 Å². The Morgan fingerprint density at radius 3 is 2.74 bits per heavy atom. The first-order valence-electron chi connectivity index (χ1n) is 7.79. The number of fused-ring (bicyclic) bond motifs is 1. The number of carboxylic acid groups (broad SMARTS) is 1. The smallest absolute Gasteiger partial charge is 0.323 e. The van der Waals surface area contributed by atoms with E-state index in [2.05, 4.69) is 5.32 Å². The molecule has 2 N–H and O–H groups in total. The average molecular weight is 318 g/mol. The number of carbonyl (C=O) groups excluding carboxylic acids is 2. The van der Waals surface area contributed by atoms with Crippen molar-refractivity contribution in [1.29, 1.82) is 0 Å². The van der Waals surface area contributed by atoms with Crippen LogP contribution >= 0.6 is 0 Å². The summed E-state index contributed by atoms with van der Waals surface area (Å²) < 4.78 is 0. The van der Waals surface area contributed by atoms with E-state index in [1.807, 2.05) is 32.0 Å². The Morgan fingerprint density at radius 2 is 2.09 bits per heavy atom. The number of anilines is 1. The number of carboxylic acids is 1. The van der Waals surface area contributed by atoms with Crippen molar-refractivity contribution in [2.24, 2.45) is 0 Å². The number of benzene rings is 1. The molecule has 6 heteroatoms. The van der Waals surface area contributed by atoms with E-state index >= 15 is 0 Å². The number of hydrogen-bond acceptors (Lipinski definition) is 3. The molecule has 0 bridgehead atoms. The van der Waals surface area contributed by atoms with Gasteiger partial charge in [-0.25, -0.2) is 0 Å². The van der Waals surface area contributed by atoms with E-state index in [4.69, 9.17) is 5.11 Å². The topological polar surface area (TPSA) is 86.7 Å². The van der Waals surface area contributed by atoms with Crippen molar-refractivity contribution in [2.45, 2.75) is 45.6 Å². The zero-order valence-electron chi connectivity index (χ0n) is 13.5. The lowest BCUT2D eigenvalue weighted by Gasteiger charge is -2.24. The van der Waals surface area contributed by atoms with Crippen molar-refractivity contribution in [3.63, 3.8) is 0 Å². The first kappa shape index (κ1) is 17.0. The number of amides is 2. The Kier molecular flexibility index (Phi) is 5.36. The Labute approximate surface area is 135 Å². The molecule has 1 aliphatic heterocycles. The molecule has 0 radical (unpaired) electrons. The van der Waals surface area contributed by atoms with Gasteiger partial charge in [0.15, 0.2) is 0 Å². The second-order valence-corrected chi connectivity index (χ2v) is 6.08. The van der Waals surface area contributed by atoms with Gasteiger partial charge in [0.25, 0.3) is 0 Å². The molecule has 1 aliphatic rings. The first-order valence-corrected chi connectivity index (χ1v) is 7.79. The molecule has 0 aliphatic carbocycles. The maximum absolute atomic E-state index is 12.1. The molecule has 0 atom stereocenters. The third-order valence-corrected chi connectivity index (χ3v) is 3.90. The zero-order valence-corrected chi connectivity index (χ0v) is 13.5. The number of rotatable bonds is 7. The van der Waals surface area contributed by atoms with Crippen LogP contribution in [0.2, 0.25) is 0 Å². The van der Waals surface area contributed by atoms with Crippen LogP contribution in [0.15, 0.2) is 18.2 Å². The predicted octanol–water partition coefficient (Wildman–Crippen LogP) is 1.83. The van der Waals surface area contributed by atoms with Gasteiger partial charge in [-0.3, -0.25) is 14.4 Å². The van der Waals surface area contributed by atoms with Gasteiger partial charge in [0.2, 0.25) is 11.8 Å². The summed E-state index contributed by atoms with van der Waals surface area (Å²) in [7, 11) is 0. The van der Waals surface area contributed by atoms with Gasteiger partial charge in [-0.2, -0.15) is 0 Å². The predicted molar refractivity (Wildman–Crippen MR) is 86.2 cm³/mol. The van der Waals surface area contributed by atoms with Gasteiger partial charge in [0, 0.05) is 18.2 Å². The number of aryl methyl sites for hydroxylation is 1. The van der Waals surface area contributed by atoms with E-state index in [0.717, 1.165) is 23.2 Å². The molecule has 1 aromatic rings. The molecule has 1 heterocycles. The highest BCUT2D eigenvalue weighted by Crippen LogP contribution is 2.24. The number of aliphatic carboxylic acids is 1. The number of carbonyl (C=O) groups is 3. The SMILES string of the molecule is CC(C)N(CC(=O)O)C(=O)CCCc1ccc2c(c1)CC(=O)N2. The van der Waals surface area contributed by atoms with Crippen LogP contribution in [0.1, 0.15) is 37.8 Å². The lowest BCUT2D eigenvalue weighted by Crippen LogP contribution is -2.40. The highest BCUT2D eigenvalue weighted by atomic mass is 16.4. The second kappa shape index (κ2) is 7.26. The van der Waals surface area contributed by atoms with Gasteiger partial charge in [0.05, 0.1) is 6.42 Å². The van der Waals surface area contributed by atoms with E-state index in [0.29, 0.717) is 19.3 Å². The van der Waals surface area contributed by atoms with Crippen LogP contribution in [0.3, 0.4) is 0 Å². The van der Waals surface area contributed by atoms with E-state index in [1.165, 1.54) is 4.90 Å². The van der Waals surface area contributed by atoms with Crippen LogP contribution in [-0.2, 0) is 27.2 Å². The van der Waals surface area contributed by atoms with Crippen LogP contribution in [0, 0.1) is 0 Å². The van der Waals surface area contributed by atoms with Gasteiger partial charge < -0.3 is 15.3 Å². The summed E-state index contributed by atoms with van der Waals surface area (Å²) in [5.41, 5.74) is 2.94. The van der Waals surface area contributed by atoms with Gasteiger partial charge in [0.1, 0.15) is 6.54 Å². The number of nitrogens with zero attached hydrogens (tertiary/aromatic N) is 1. The molecule has 1 aromatic carbocycles. The summed E-state index contributed by atoms with van der Waals surface area (Å²) >= 11 is 0. The summed E-state index contributed by atoms with van der Waals surface area (Å²) in [6, 6.07) is 5.71. The van der Waals surface area contributed by atoms with E-state index in [-0.39, 0.29) is 24.4 Å². The summed E-state index contributed by atoms with van der Waals surface area (Å²) in [4.78, 5) is 35.7. The van der Waals surface area contributed by atoms with Crippen LogP contribution in [0.5, 0.6) is 0 Å². The molecule has 0 aromatic heterocycles. The Balaban J connectivity index is 1.87. The summed E-state index contributed by atoms with van der Waals surface area (Å²) in [5.74, 6) is -1.13. The van der Waals surface area contributed by atoms with Crippen LogP contribution < -0.4 is 5.32 Å². The molecule has 124 valence electrons. The van der Waals surface area contributed by atoms with Gasteiger partial charge >= 0.3 is 5.97 Å². The average Bonchev–Trinajstić information content (AvgIpc) is 2.83. The van der Waals surface area contributed by atoms with Crippen LogP contribution in [0.4, 0.5) is 5.69 Å². The fourth-order valence-corrected chi connectivity index (χ4v) is 2.73. The van der Waals surface area contributed by atoms with Crippen LogP contribution in [-0.4, -0.2) is 40.4 Å². The largest absolute Gasteiger partial charge is 0.480 e. The summed E-state index contributed by atoms with van der Waals surface area (Å²) in [6.07, 6.45) is 2.11. The molecule has 2 amide bonds. The standard InChI is InChI=1S/C17H22N2O4/c1-11(2)19(10-17(22)23)16(21)5-3-4-12-6-7-14-13(8-12)9-15(20)18-14/h6-8,11H,3-5,9-10H2,1-2H3,(H,18,20)(H,22,23). The highest BCUT2D eigenvalue weighted by molar-refractivity contribution is 5.99. The molecule has 6 nitrogen and oxygen atoms in total. The van der Waals surface area contributed by atoms with Crippen molar-refractivity contribution in [3.8, 4) is 0 Å². The lowest BCUT2D eigenvalue weighted by molar-refractivity contribution is -0.145. The molecule has 23 heavy (non-hydrogen) atoms. The maximum atomic E-state index is 12.1. The fourth-order valence-electron chi connectivity index (χ4n) is 2.73. The monoisotopic (exact) mass is 318 g/mol. The normalized spacial score (nSPS) is 12.9. The third kappa shape index (κ3) is 4.55. The quantitative estimate of drug-likeness (QED) is 0.803. The molecule has 0 fully saturated rings. The molecule has 0 spiro atoms. The van der Waals surface area contributed by atoms with Crippen molar-refractivity contribution in [3.05, 3.63) is 29.3 Å². The molecule has 2 rings (SSSR count). The summed E-state index contributed by atoms with van der Waals surface area (Å²) in [5, 5.41) is 11.7. The minimum Gasteiger partial charge on any atom is -0.480 e. The minimum absolute atomic E-state index is 0.00794. The van der Waals surface area contributed by atoms with E-state index < -0.39 is 5.97 Å². The van der Waals surface area contributed by atoms with Gasteiger partial charge in [-0.1, -0.05) is 12.1 Å². The maximum Gasteiger partial charge on any atom is 0.323 e. The van der Waals surface area contributed by atoms with Crippen molar-refractivity contribution in [1.82, 2.24) is 4.90 Å². The van der Waals surface area contributed by atoms with Crippen molar-refractivity contribution in [2.75, 3.05) is 11.9 Å². The molecular weight excluding hydrogens is 296 g/mol. The highest BCUT2D eigenvalue weighted by Gasteiger charge is 2.20.